The van der Waals surface area contributed by atoms with Crippen LogP contribution in [-0.2, 0) is 0 Å². The van der Waals surface area contributed by atoms with Gasteiger partial charge in [0.25, 0.3) is 0 Å². The molecule has 3 nitrogen and oxygen atoms in total. The smallest absolute Gasteiger partial charge is 0.194 e. The van der Waals surface area contributed by atoms with Crippen molar-refractivity contribution in [3.8, 4) is 11.1 Å². The van der Waals surface area contributed by atoms with Crippen molar-refractivity contribution in [2.45, 2.75) is 6.92 Å². The fourth-order valence-electron chi connectivity index (χ4n) is 2.25. The quantitative estimate of drug-likeness (QED) is 0.689. The fourth-order valence-corrected chi connectivity index (χ4v) is 2.25. The summed E-state index contributed by atoms with van der Waals surface area (Å²) in [6, 6.07) is 12.9. The molecule has 0 saturated heterocycles. The van der Waals surface area contributed by atoms with Gasteiger partial charge in [0, 0.05) is 16.7 Å². The lowest BCUT2D eigenvalue weighted by Gasteiger charge is -2.01. The van der Waals surface area contributed by atoms with E-state index in [-0.39, 0.29) is 11.6 Å². The van der Waals surface area contributed by atoms with E-state index in [0.717, 1.165) is 16.7 Å². The summed E-state index contributed by atoms with van der Waals surface area (Å²) in [4.78, 5) is 23.5. The lowest BCUT2D eigenvalue weighted by atomic mass is 10.0. The Bertz CT molecular complexity index is 674. The van der Waals surface area contributed by atoms with Crippen LogP contribution in [0.15, 0.2) is 42.5 Å². The molecular formula is C17H17NO2. The molecule has 1 aliphatic rings. The summed E-state index contributed by atoms with van der Waals surface area (Å²) in [5.41, 5.74) is 3.84. The zero-order chi connectivity index (χ0) is 14.7. The van der Waals surface area contributed by atoms with Crippen LogP contribution in [0.1, 0.15) is 33.2 Å². The molecule has 3 heteroatoms. The number of hydrogen-bond donors (Lipinski definition) is 1. The summed E-state index contributed by atoms with van der Waals surface area (Å²) in [5, 5.41) is 2.75. The molecule has 0 unspecified atom stereocenters. The highest BCUT2D eigenvalue weighted by molar-refractivity contribution is 6.22. The highest BCUT2D eigenvalue weighted by atomic mass is 16.1. The second kappa shape index (κ2) is 5.80. The van der Waals surface area contributed by atoms with Crippen LogP contribution in [0.3, 0.4) is 0 Å². The Hall–Kier alpha value is -2.26. The first-order valence-electron chi connectivity index (χ1n) is 6.47. The lowest BCUT2D eigenvalue weighted by molar-refractivity contribution is 0.101. The highest BCUT2D eigenvalue weighted by Crippen LogP contribution is 2.36. The molecule has 102 valence electrons. The number of hydrogen-bond acceptors (Lipinski definition) is 3. The predicted octanol–water partition coefficient (Wildman–Crippen LogP) is 2.94. The molecule has 1 aliphatic carbocycles. The SMILES string of the molecule is CC(=O)c1ccc2c(c1)C(=O)c1ccccc1-2.CNC. The standard InChI is InChI=1S/C15H10O2.C2H7N/c1-9(16)10-6-7-12-11-4-2-3-5-13(11)15(17)14(12)8-10;1-3-2/h2-8H,1H3;3H,1-2H3. The van der Waals surface area contributed by atoms with Crippen LogP contribution in [0, 0.1) is 0 Å². The third-order valence-corrected chi connectivity index (χ3v) is 3.13. The summed E-state index contributed by atoms with van der Waals surface area (Å²) >= 11 is 0. The van der Waals surface area contributed by atoms with Gasteiger partial charge in [0.1, 0.15) is 0 Å². The molecule has 20 heavy (non-hydrogen) atoms. The zero-order valence-corrected chi connectivity index (χ0v) is 11.9. The van der Waals surface area contributed by atoms with Crippen LogP contribution >= 0.6 is 0 Å². The summed E-state index contributed by atoms with van der Waals surface area (Å²) in [5.74, 6) is -0.00439. The maximum absolute atomic E-state index is 12.2. The molecule has 0 aromatic heterocycles. The van der Waals surface area contributed by atoms with Crippen molar-refractivity contribution in [3.05, 3.63) is 59.2 Å². The van der Waals surface area contributed by atoms with Crippen LogP contribution in [0.5, 0.6) is 0 Å². The first-order chi connectivity index (χ1) is 9.60. The summed E-state index contributed by atoms with van der Waals surface area (Å²) in [6.07, 6.45) is 0. The van der Waals surface area contributed by atoms with Crippen LogP contribution in [0.2, 0.25) is 0 Å². The van der Waals surface area contributed by atoms with Gasteiger partial charge in [-0.15, -0.1) is 0 Å². The van der Waals surface area contributed by atoms with E-state index in [0.29, 0.717) is 11.1 Å². The normalized spacial score (nSPS) is 11.2. The largest absolute Gasteiger partial charge is 0.323 e. The molecule has 1 N–H and O–H groups in total. The van der Waals surface area contributed by atoms with E-state index in [4.69, 9.17) is 0 Å². The minimum Gasteiger partial charge on any atom is -0.323 e. The molecule has 0 fully saturated rings. The maximum atomic E-state index is 12.2. The van der Waals surface area contributed by atoms with Crippen molar-refractivity contribution < 1.29 is 9.59 Å². The molecule has 0 amide bonds. The molecule has 0 bridgehead atoms. The lowest BCUT2D eigenvalue weighted by Crippen LogP contribution is -1.98. The Morgan fingerprint density at radius 3 is 2.05 bits per heavy atom. The van der Waals surface area contributed by atoms with Gasteiger partial charge in [-0.25, -0.2) is 0 Å². The summed E-state index contributed by atoms with van der Waals surface area (Å²) in [6.45, 7) is 1.51. The van der Waals surface area contributed by atoms with Crippen molar-refractivity contribution >= 4 is 11.6 Å². The molecule has 0 heterocycles. The number of fused-ring (bicyclic) bond motifs is 3. The Morgan fingerprint density at radius 1 is 0.900 bits per heavy atom. The molecule has 2 aromatic rings. The van der Waals surface area contributed by atoms with E-state index in [9.17, 15) is 9.59 Å². The first kappa shape index (κ1) is 14.2. The number of rotatable bonds is 1. The number of nitrogens with one attached hydrogen (secondary N) is 1. The van der Waals surface area contributed by atoms with Crippen molar-refractivity contribution in [2.24, 2.45) is 0 Å². The predicted molar refractivity (Wildman–Crippen MR) is 80.3 cm³/mol. The van der Waals surface area contributed by atoms with Crippen molar-refractivity contribution in [1.29, 1.82) is 0 Å². The molecule has 0 saturated carbocycles. The highest BCUT2D eigenvalue weighted by Gasteiger charge is 2.26. The number of Topliss-reactive ketones (excluding diaryl/α,β-unsaturated/α-hetero) is 1. The van der Waals surface area contributed by atoms with Gasteiger partial charge in [0.15, 0.2) is 11.6 Å². The van der Waals surface area contributed by atoms with Crippen LogP contribution in [0.4, 0.5) is 0 Å². The third-order valence-electron chi connectivity index (χ3n) is 3.13. The van der Waals surface area contributed by atoms with Gasteiger partial charge in [0.2, 0.25) is 0 Å². The summed E-state index contributed by atoms with van der Waals surface area (Å²) in [7, 11) is 3.75. The second-order valence-corrected chi connectivity index (χ2v) is 4.69. The fraction of sp³-hybridized carbons (Fsp3) is 0.176. The average molecular weight is 267 g/mol. The third kappa shape index (κ3) is 2.40. The van der Waals surface area contributed by atoms with Gasteiger partial charge in [-0.3, -0.25) is 9.59 Å². The molecule has 0 spiro atoms. The average Bonchev–Trinajstić information content (AvgIpc) is 2.73. The first-order valence-corrected chi connectivity index (χ1v) is 6.47. The van der Waals surface area contributed by atoms with Gasteiger partial charge in [-0.1, -0.05) is 36.4 Å². The van der Waals surface area contributed by atoms with E-state index in [1.165, 1.54) is 6.92 Å². The number of carbonyl (C=O) groups is 2. The minimum absolute atomic E-state index is 0.0127. The molecule has 0 aliphatic heterocycles. The molecule has 2 aromatic carbocycles. The van der Waals surface area contributed by atoms with E-state index in [2.05, 4.69) is 5.32 Å². The van der Waals surface area contributed by atoms with Gasteiger partial charge < -0.3 is 5.32 Å². The van der Waals surface area contributed by atoms with Crippen molar-refractivity contribution in [3.63, 3.8) is 0 Å². The molecule has 0 radical (unpaired) electrons. The Labute approximate surface area is 118 Å². The van der Waals surface area contributed by atoms with Gasteiger partial charge in [0.05, 0.1) is 0 Å². The minimum atomic E-state index is -0.0171. The monoisotopic (exact) mass is 267 g/mol. The Kier molecular flexibility index (Phi) is 4.11. The van der Waals surface area contributed by atoms with Crippen molar-refractivity contribution in [2.75, 3.05) is 14.1 Å². The maximum Gasteiger partial charge on any atom is 0.194 e. The van der Waals surface area contributed by atoms with Crippen LogP contribution in [0.25, 0.3) is 11.1 Å². The van der Waals surface area contributed by atoms with Gasteiger partial charge >= 0.3 is 0 Å². The number of benzene rings is 2. The molecule has 0 atom stereocenters. The Morgan fingerprint density at radius 2 is 1.45 bits per heavy atom. The molecule has 3 rings (SSSR count). The topological polar surface area (TPSA) is 46.2 Å². The number of carbonyl (C=O) groups excluding carboxylic acids is 2. The van der Waals surface area contributed by atoms with Crippen molar-refractivity contribution in [1.82, 2.24) is 5.32 Å². The Balaban J connectivity index is 0.000000452. The molecular weight excluding hydrogens is 250 g/mol. The van der Waals surface area contributed by atoms with E-state index in [1.807, 2.05) is 44.4 Å². The second-order valence-electron chi connectivity index (χ2n) is 4.69. The summed E-state index contributed by atoms with van der Waals surface area (Å²) < 4.78 is 0. The van der Waals surface area contributed by atoms with Crippen LogP contribution in [-0.4, -0.2) is 25.7 Å². The van der Waals surface area contributed by atoms with Crippen LogP contribution < -0.4 is 5.32 Å². The van der Waals surface area contributed by atoms with E-state index >= 15 is 0 Å². The van der Waals surface area contributed by atoms with Gasteiger partial charge in [-0.2, -0.15) is 0 Å². The van der Waals surface area contributed by atoms with Gasteiger partial charge in [-0.05, 0) is 38.2 Å². The van der Waals surface area contributed by atoms with E-state index < -0.39 is 0 Å². The van der Waals surface area contributed by atoms with E-state index in [1.54, 1.807) is 12.1 Å². The number of ketones is 2. The zero-order valence-electron chi connectivity index (χ0n) is 11.9.